The standard InChI is InChI=1S/C14H16FNO3S/c1-9-6-13(15)4-5-14(9)20(17,18)16-8-12-7-10(2)19-11(12)3/h4-7,16H,8H2,1-3H3. The van der Waals surface area contributed by atoms with E-state index in [1.807, 2.05) is 0 Å². The number of sulfonamides is 1. The third-order valence-electron chi connectivity index (χ3n) is 3.02. The zero-order chi connectivity index (χ0) is 14.9. The summed E-state index contributed by atoms with van der Waals surface area (Å²) in [5.74, 6) is 0.957. The monoisotopic (exact) mass is 297 g/mol. The lowest BCUT2D eigenvalue weighted by Crippen LogP contribution is -2.24. The molecule has 0 saturated carbocycles. The molecule has 0 radical (unpaired) electrons. The zero-order valence-corrected chi connectivity index (χ0v) is 12.3. The van der Waals surface area contributed by atoms with E-state index in [0.29, 0.717) is 11.3 Å². The molecule has 0 aliphatic carbocycles. The molecule has 0 unspecified atom stereocenters. The van der Waals surface area contributed by atoms with E-state index in [-0.39, 0.29) is 11.4 Å². The van der Waals surface area contributed by atoms with Gasteiger partial charge in [0.15, 0.2) is 0 Å². The summed E-state index contributed by atoms with van der Waals surface area (Å²) in [5.41, 5.74) is 1.16. The molecule has 1 heterocycles. The molecule has 2 rings (SSSR count). The maximum atomic E-state index is 13.0. The fourth-order valence-corrected chi connectivity index (χ4v) is 3.25. The Morgan fingerprint density at radius 1 is 1.20 bits per heavy atom. The molecule has 108 valence electrons. The molecule has 20 heavy (non-hydrogen) atoms. The van der Waals surface area contributed by atoms with E-state index >= 15 is 0 Å². The Kier molecular flexibility index (Phi) is 3.96. The largest absolute Gasteiger partial charge is 0.466 e. The van der Waals surface area contributed by atoms with Gasteiger partial charge >= 0.3 is 0 Å². The highest BCUT2D eigenvalue weighted by molar-refractivity contribution is 7.89. The number of nitrogens with one attached hydrogen (secondary N) is 1. The first-order valence-electron chi connectivity index (χ1n) is 6.11. The smallest absolute Gasteiger partial charge is 0.241 e. The van der Waals surface area contributed by atoms with Gasteiger partial charge < -0.3 is 4.42 Å². The third-order valence-corrected chi connectivity index (χ3v) is 4.58. The molecule has 1 aromatic heterocycles. The van der Waals surface area contributed by atoms with Crippen molar-refractivity contribution in [2.24, 2.45) is 0 Å². The van der Waals surface area contributed by atoms with Crippen LogP contribution in [0.4, 0.5) is 4.39 Å². The van der Waals surface area contributed by atoms with Crippen LogP contribution in [0.25, 0.3) is 0 Å². The molecule has 6 heteroatoms. The van der Waals surface area contributed by atoms with Crippen LogP contribution >= 0.6 is 0 Å². The molecule has 0 aliphatic rings. The lowest BCUT2D eigenvalue weighted by atomic mass is 10.2. The predicted octanol–water partition coefficient (Wildman–Crippen LogP) is 2.82. The molecular weight excluding hydrogens is 281 g/mol. The number of benzene rings is 1. The second-order valence-electron chi connectivity index (χ2n) is 4.67. The van der Waals surface area contributed by atoms with E-state index < -0.39 is 15.8 Å². The van der Waals surface area contributed by atoms with Gasteiger partial charge in [0, 0.05) is 12.1 Å². The lowest BCUT2D eigenvalue weighted by molar-refractivity contribution is 0.500. The Balaban J connectivity index is 2.21. The summed E-state index contributed by atoms with van der Waals surface area (Å²) in [4.78, 5) is 0.0803. The fourth-order valence-electron chi connectivity index (χ4n) is 2.02. The molecule has 0 bridgehead atoms. The second-order valence-corrected chi connectivity index (χ2v) is 6.41. The van der Waals surface area contributed by atoms with Gasteiger partial charge in [0.05, 0.1) is 4.90 Å². The van der Waals surface area contributed by atoms with Gasteiger partial charge in [-0.3, -0.25) is 0 Å². The van der Waals surface area contributed by atoms with Gasteiger partial charge in [-0.15, -0.1) is 0 Å². The zero-order valence-electron chi connectivity index (χ0n) is 11.5. The highest BCUT2D eigenvalue weighted by atomic mass is 32.2. The molecule has 0 amide bonds. The van der Waals surface area contributed by atoms with E-state index in [1.54, 1.807) is 26.8 Å². The summed E-state index contributed by atoms with van der Waals surface area (Å²) in [6.07, 6.45) is 0. The van der Waals surface area contributed by atoms with E-state index in [1.165, 1.54) is 12.1 Å². The third kappa shape index (κ3) is 3.08. The van der Waals surface area contributed by atoms with Crippen molar-refractivity contribution < 1.29 is 17.2 Å². The number of hydrogen-bond acceptors (Lipinski definition) is 3. The van der Waals surface area contributed by atoms with Crippen molar-refractivity contribution in [3.05, 3.63) is 52.7 Å². The summed E-state index contributed by atoms with van der Waals surface area (Å²) >= 11 is 0. The molecule has 0 spiro atoms. The molecule has 1 N–H and O–H groups in total. The molecule has 0 fully saturated rings. The van der Waals surface area contributed by atoms with E-state index in [0.717, 1.165) is 17.4 Å². The summed E-state index contributed by atoms with van der Waals surface area (Å²) in [6, 6.07) is 5.38. The van der Waals surface area contributed by atoms with E-state index in [9.17, 15) is 12.8 Å². The first-order valence-corrected chi connectivity index (χ1v) is 7.59. The Morgan fingerprint density at radius 2 is 1.90 bits per heavy atom. The second kappa shape index (κ2) is 5.38. The van der Waals surface area contributed by atoms with Crippen LogP contribution in [0, 0.1) is 26.6 Å². The maximum Gasteiger partial charge on any atom is 0.241 e. The molecule has 0 saturated heterocycles. The van der Waals surface area contributed by atoms with Gasteiger partial charge in [0.25, 0.3) is 0 Å². The summed E-state index contributed by atoms with van der Waals surface area (Å²) in [5, 5.41) is 0. The number of furan rings is 1. The molecule has 1 aromatic carbocycles. The Morgan fingerprint density at radius 3 is 2.45 bits per heavy atom. The summed E-state index contributed by atoms with van der Waals surface area (Å²) in [7, 11) is -3.67. The minimum absolute atomic E-state index is 0.0803. The topological polar surface area (TPSA) is 59.3 Å². The minimum atomic E-state index is -3.67. The van der Waals surface area contributed by atoms with Crippen molar-refractivity contribution in [2.75, 3.05) is 0 Å². The van der Waals surface area contributed by atoms with Crippen molar-refractivity contribution in [3.8, 4) is 0 Å². The van der Waals surface area contributed by atoms with Crippen molar-refractivity contribution in [1.29, 1.82) is 0 Å². The van der Waals surface area contributed by atoms with Crippen LogP contribution < -0.4 is 4.72 Å². The normalized spacial score (nSPS) is 11.8. The molecule has 0 aliphatic heterocycles. The minimum Gasteiger partial charge on any atom is -0.466 e. The maximum absolute atomic E-state index is 13.0. The van der Waals surface area contributed by atoms with Crippen molar-refractivity contribution >= 4 is 10.0 Å². The van der Waals surface area contributed by atoms with E-state index in [4.69, 9.17) is 4.42 Å². The quantitative estimate of drug-likeness (QED) is 0.944. The number of rotatable bonds is 4. The van der Waals surface area contributed by atoms with Crippen molar-refractivity contribution in [3.63, 3.8) is 0 Å². The summed E-state index contributed by atoms with van der Waals surface area (Å²) < 4.78 is 45.2. The van der Waals surface area contributed by atoms with Crippen LogP contribution in [-0.4, -0.2) is 8.42 Å². The average Bonchev–Trinajstić information content (AvgIpc) is 2.65. The molecule has 4 nitrogen and oxygen atoms in total. The Labute approximate surface area is 117 Å². The molecule has 0 atom stereocenters. The number of halogens is 1. The van der Waals surface area contributed by atoms with Crippen molar-refractivity contribution in [1.82, 2.24) is 4.72 Å². The van der Waals surface area contributed by atoms with Crippen LogP contribution in [0.1, 0.15) is 22.6 Å². The summed E-state index contributed by atoms with van der Waals surface area (Å²) in [6.45, 7) is 5.28. The Hall–Kier alpha value is -1.66. The molecule has 2 aromatic rings. The van der Waals surface area contributed by atoms with Gasteiger partial charge in [-0.1, -0.05) is 0 Å². The fraction of sp³-hybridized carbons (Fsp3) is 0.286. The SMILES string of the molecule is Cc1cc(CNS(=O)(=O)c2ccc(F)cc2C)c(C)o1. The number of aryl methyl sites for hydroxylation is 3. The highest BCUT2D eigenvalue weighted by Gasteiger charge is 2.17. The van der Waals surface area contributed by atoms with Gasteiger partial charge in [-0.25, -0.2) is 17.5 Å². The Bertz CT molecular complexity index is 735. The van der Waals surface area contributed by atoms with Crippen LogP contribution in [0.15, 0.2) is 33.6 Å². The van der Waals surface area contributed by atoms with Crippen LogP contribution in [0.5, 0.6) is 0 Å². The van der Waals surface area contributed by atoms with Gasteiger partial charge in [-0.05, 0) is 50.6 Å². The average molecular weight is 297 g/mol. The molecular formula is C14H16FNO3S. The lowest BCUT2D eigenvalue weighted by Gasteiger charge is -2.09. The first kappa shape index (κ1) is 14.7. The van der Waals surface area contributed by atoms with Gasteiger partial charge in [0.1, 0.15) is 17.3 Å². The highest BCUT2D eigenvalue weighted by Crippen LogP contribution is 2.18. The van der Waals surface area contributed by atoms with Gasteiger partial charge in [0.2, 0.25) is 10.0 Å². The number of hydrogen-bond donors (Lipinski definition) is 1. The van der Waals surface area contributed by atoms with Crippen LogP contribution in [0.3, 0.4) is 0 Å². The van der Waals surface area contributed by atoms with Crippen molar-refractivity contribution in [2.45, 2.75) is 32.2 Å². The predicted molar refractivity (Wildman–Crippen MR) is 73.3 cm³/mol. The first-order chi connectivity index (χ1) is 9.29. The van der Waals surface area contributed by atoms with Crippen LogP contribution in [-0.2, 0) is 16.6 Å². The van der Waals surface area contributed by atoms with E-state index in [2.05, 4.69) is 4.72 Å². The van der Waals surface area contributed by atoms with Crippen LogP contribution in [0.2, 0.25) is 0 Å². The van der Waals surface area contributed by atoms with Gasteiger partial charge in [-0.2, -0.15) is 0 Å².